The number of rotatable bonds is 3. The Morgan fingerprint density at radius 2 is 2.06 bits per heavy atom. The molecule has 16 heavy (non-hydrogen) atoms. The lowest BCUT2D eigenvalue weighted by molar-refractivity contribution is -0.164. The maximum absolute atomic E-state index is 11.1. The molecule has 5 nitrogen and oxygen atoms in total. The standard InChI is InChI=1S/C11H12O5/c1-14-6-7-2-3-15-11(7)8-4-9(12)16-10(13)5-8/h2-3,8H,4-6H2,1H3. The molecule has 0 N–H and O–H groups in total. The molecule has 1 fully saturated rings. The molecule has 5 heteroatoms. The lowest BCUT2D eigenvalue weighted by atomic mass is 9.94. The first kappa shape index (κ1) is 10.9. The second-order valence-electron chi connectivity index (χ2n) is 3.69. The second kappa shape index (κ2) is 4.49. The normalized spacial score (nSPS) is 17.6. The van der Waals surface area contributed by atoms with Crippen LogP contribution in [0.4, 0.5) is 0 Å². The maximum atomic E-state index is 11.1. The number of carbonyl (C=O) groups excluding carboxylic acids is 2. The Bertz CT molecular complexity index is 390. The molecule has 1 aliphatic heterocycles. The minimum atomic E-state index is -0.499. The van der Waals surface area contributed by atoms with Crippen LogP contribution in [0.15, 0.2) is 16.7 Å². The van der Waals surface area contributed by atoms with E-state index >= 15 is 0 Å². The van der Waals surface area contributed by atoms with Gasteiger partial charge in [-0.1, -0.05) is 0 Å². The van der Waals surface area contributed by atoms with Crippen molar-refractivity contribution in [3.63, 3.8) is 0 Å². The van der Waals surface area contributed by atoms with Crippen LogP contribution in [0, 0.1) is 0 Å². The van der Waals surface area contributed by atoms with Gasteiger partial charge in [-0.15, -0.1) is 0 Å². The summed E-state index contributed by atoms with van der Waals surface area (Å²) in [4.78, 5) is 22.3. The monoisotopic (exact) mass is 224 g/mol. The first-order valence-electron chi connectivity index (χ1n) is 4.99. The summed E-state index contributed by atoms with van der Waals surface area (Å²) in [6.07, 6.45) is 1.89. The first-order chi connectivity index (χ1) is 7.70. The molecule has 0 aliphatic carbocycles. The van der Waals surface area contributed by atoms with Gasteiger partial charge >= 0.3 is 11.9 Å². The van der Waals surface area contributed by atoms with Crippen LogP contribution in [0.3, 0.4) is 0 Å². The summed E-state index contributed by atoms with van der Waals surface area (Å²) in [5.41, 5.74) is 0.870. The van der Waals surface area contributed by atoms with Crippen molar-refractivity contribution < 1.29 is 23.5 Å². The minimum absolute atomic E-state index is 0.177. The number of furan rings is 1. The zero-order valence-corrected chi connectivity index (χ0v) is 8.89. The number of hydrogen-bond donors (Lipinski definition) is 0. The number of carbonyl (C=O) groups is 2. The smallest absolute Gasteiger partial charge is 0.314 e. The highest BCUT2D eigenvalue weighted by Crippen LogP contribution is 2.31. The minimum Gasteiger partial charge on any atom is -0.469 e. The Kier molecular flexibility index (Phi) is 3.05. The fourth-order valence-corrected chi connectivity index (χ4v) is 1.85. The molecule has 0 atom stereocenters. The Morgan fingerprint density at radius 1 is 1.38 bits per heavy atom. The quantitative estimate of drug-likeness (QED) is 0.573. The zero-order valence-electron chi connectivity index (χ0n) is 8.89. The van der Waals surface area contributed by atoms with Crippen LogP contribution in [0.5, 0.6) is 0 Å². The number of ether oxygens (including phenoxy) is 2. The summed E-state index contributed by atoms with van der Waals surface area (Å²) in [5, 5.41) is 0. The zero-order chi connectivity index (χ0) is 11.5. The summed E-state index contributed by atoms with van der Waals surface area (Å²) in [5.74, 6) is -0.581. The van der Waals surface area contributed by atoms with Crippen molar-refractivity contribution in [2.75, 3.05) is 7.11 Å². The number of hydrogen-bond acceptors (Lipinski definition) is 5. The van der Waals surface area contributed by atoms with E-state index in [4.69, 9.17) is 9.15 Å². The molecule has 0 bridgehead atoms. The first-order valence-corrected chi connectivity index (χ1v) is 4.99. The van der Waals surface area contributed by atoms with Gasteiger partial charge < -0.3 is 13.9 Å². The molecule has 86 valence electrons. The number of cyclic esters (lactones) is 2. The van der Waals surface area contributed by atoms with E-state index in [0.717, 1.165) is 5.56 Å². The van der Waals surface area contributed by atoms with Crippen LogP contribution >= 0.6 is 0 Å². The predicted octanol–water partition coefficient (Wildman–Crippen LogP) is 1.37. The van der Waals surface area contributed by atoms with Gasteiger partial charge in [0, 0.05) is 18.6 Å². The third-order valence-electron chi connectivity index (χ3n) is 2.51. The van der Waals surface area contributed by atoms with E-state index < -0.39 is 11.9 Å². The van der Waals surface area contributed by atoms with Gasteiger partial charge in [0.2, 0.25) is 0 Å². The SMILES string of the molecule is COCc1ccoc1C1CC(=O)OC(=O)C1. The fraction of sp³-hybridized carbons (Fsp3) is 0.455. The van der Waals surface area contributed by atoms with E-state index in [1.807, 2.05) is 0 Å². The number of esters is 2. The molecule has 0 spiro atoms. The topological polar surface area (TPSA) is 65.7 Å². The van der Waals surface area contributed by atoms with Gasteiger partial charge in [-0.3, -0.25) is 9.59 Å². The van der Waals surface area contributed by atoms with E-state index in [2.05, 4.69) is 4.74 Å². The van der Waals surface area contributed by atoms with Gasteiger partial charge in [0.1, 0.15) is 5.76 Å². The van der Waals surface area contributed by atoms with E-state index in [1.165, 1.54) is 6.26 Å². The summed E-state index contributed by atoms with van der Waals surface area (Å²) in [6, 6.07) is 1.78. The van der Waals surface area contributed by atoms with Crippen LogP contribution in [0.1, 0.15) is 30.1 Å². The van der Waals surface area contributed by atoms with Gasteiger partial charge in [0.05, 0.1) is 25.7 Å². The molecule has 1 saturated heterocycles. The Labute approximate surface area is 92.3 Å². The highest BCUT2D eigenvalue weighted by Gasteiger charge is 2.31. The van der Waals surface area contributed by atoms with Crippen molar-refractivity contribution in [1.29, 1.82) is 0 Å². The Balaban J connectivity index is 2.19. The van der Waals surface area contributed by atoms with E-state index in [0.29, 0.717) is 12.4 Å². The summed E-state index contributed by atoms with van der Waals surface area (Å²) in [6.45, 7) is 0.408. The highest BCUT2D eigenvalue weighted by atomic mass is 16.6. The van der Waals surface area contributed by atoms with Gasteiger partial charge in [-0.25, -0.2) is 0 Å². The molecule has 0 amide bonds. The van der Waals surface area contributed by atoms with Crippen molar-refractivity contribution in [3.8, 4) is 0 Å². The predicted molar refractivity (Wildman–Crippen MR) is 52.5 cm³/mol. The molecule has 1 aliphatic rings. The highest BCUT2D eigenvalue weighted by molar-refractivity contribution is 5.89. The van der Waals surface area contributed by atoms with Crippen LogP contribution in [-0.2, 0) is 25.7 Å². The average molecular weight is 224 g/mol. The lowest BCUT2D eigenvalue weighted by Gasteiger charge is -2.18. The van der Waals surface area contributed by atoms with Crippen molar-refractivity contribution in [1.82, 2.24) is 0 Å². The van der Waals surface area contributed by atoms with Crippen molar-refractivity contribution in [2.45, 2.75) is 25.4 Å². The molecule has 2 rings (SSSR count). The summed E-state index contributed by atoms with van der Waals surface area (Å²) >= 11 is 0. The van der Waals surface area contributed by atoms with Crippen LogP contribution in [-0.4, -0.2) is 19.0 Å². The van der Waals surface area contributed by atoms with Crippen molar-refractivity contribution >= 4 is 11.9 Å². The van der Waals surface area contributed by atoms with Gasteiger partial charge in [-0.05, 0) is 6.07 Å². The number of methoxy groups -OCH3 is 1. The largest absolute Gasteiger partial charge is 0.469 e. The molecule has 0 unspecified atom stereocenters. The van der Waals surface area contributed by atoms with Gasteiger partial charge in [-0.2, -0.15) is 0 Å². The second-order valence-corrected chi connectivity index (χ2v) is 3.69. The average Bonchev–Trinajstić information content (AvgIpc) is 2.65. The molecule has 0 radical (unpaired) electrons. The molecule has 2 heterocycles. The van der Waals surface area contributed by atoms with Gasteiger partial charge in [0.25, 0.3) is 0 Å². The molecule has 0 saturated carbocycles. The van der Waals surface area contributed by atoms with E-state index in [9.17, 15) is 9.59 Å². The summed E-state index contributed by atoms with van der Waals surface area (Å²) < 4.78 is 14.8. The molecule has 1 aromatic rings. The van der Waals surface area contributed by atoms with E-state index in [-0.39, 0.29) is 18.8 Å². The molecule has 1 aromatic heterocycles. The van der Waals surface area contributed by atoms with Crippen LogP contribution < -0.4 is 0 Å². The van der Waals surface area contributed by atoms with Crippen molar-refractivity contribution in [2.24, 2.45) is 0 Å². The van der Waals surface area contributed by atoms with Crippen molar-refractivity contribution in [3.05, 3.63) is 23.7 Å². The third-order valence-corrected chi connectivity index (χ3v) is 2.51. The molecule has 0 aromatic carbocycles. The maximum Gasteiger partial charge on any atom is 0.314 e. The molecular formula is C11H12O5. The Hall–Kier alpha value is -1.62. The van der Waals surface area contributed by atoms with Crippen LogP contribution in [0.25, 0.3) is 0 Å². The summed E-state index contributed by atoms with van der Waals surface area (Å²) in [7, 11) is 1.58. The van der Waals surface area contributed by atoms with Crippen LogP contribution in [0.2, 0.25) is 0 Å². The third kappa shape index (κ3) is 2.14. The lowest BCUT2D eigenvalue weighted by Crippen LogP contribution is -2.24. The fourth-order valence-electron chi connectivity index (χ4n) is 1.85. The van der Waals surface area contributed by atoms with Gasteiger partial charge in [0.15, 0.2) is 0 Å². The Morgan fingerprint density at radius 3 is 2.69 bits per heavy atom. The van der Waals surface area contributed by atoms with E-state index in [1.54, 1.807) is 13.2 Å². The molecular weight excluding hydrogens is 212 g/mol.